The predicted molar refractivity (Wildman–Crippen MR) is 116 cm³/mol. The molecule has 0 unspecified atom stereocenters. The molecule has 0 aliphatic carbocycles. The van der Waals surface area contributed by atoms with Gasteiger partial charge in [-0.1, -0.05) is 78.9 Å². The molecule has 6 rings (SSSR count). The van der Waals surface area contributed by atoms with Crippen molar-refractivity contribution < 1.29 is 4.74 Å². The van der Waals surface area contributed by atoms with Crippen molar-refractivity contribution in [3.63, 3.8) is 0 Å². The van der Waals surface area contributed by atoms with E-state index in [1.54, 1.807) is 0 Å². The Morgan fingerprint density at radius 2 is 1.59 bits per heavy atom. The molecular formula is C26H20N2O. The van der Waals surface area contributed by atoms with Crippen molar-refractivity contribution in [1.29, 1.82) is 0 Å². The minimum Gasteiger partial charge on any atom is -0.351 e. The van der Waals surface area contributed by atoms with Crippen molar-refractivity contribution in [3.8, 4) is 0 Å². The molecule has 2 atom stereocenters. The molecule has 140 valence electrons. The SMILES string of the molecule is C(=C1\c2nc3ccccc3cc2[C@H]2OC[C@H](c3ccccc3)N12)/c1ccccc1. The molecule has 3 heteroatoms. The van der Waals surface area contributed by atoms with Crippen LogP contribution in [0.3, 0.4) is 0 Å². The third kappa shape index (κ3) is 2.66. The van der Waals surface area contributed by atoms with Gasteiger partial charge in [-0.05, 0) is 29.3 Å². The summed E-state index contributed by atoms with van der Waals surface area (Å²) in [6.45, 7) is 0.674. The fraction of sp³-hybridized carbons (Fsp3) is 0.115. The Morgan fingerprint density at radius 3 is 2.41 bits per heavy atom. The maximum absolute atomic E-state index is 6.33. The Morgan fingerprint density at radius 1 is 0.862 bits per heavy atom. The van der Waals surface area contributed by atoms with Gasteiger partial charge in [0.05, 0.1) is 29.6 Å². The van der Waals surface area contributed by atoms with Gasteiger partial charge in [-0.25, -0.2) is 4.98 Å². The largest absolute Gasteiger partial charge is 0.351 e. The molecule has 0 saturated carbocycles. The Labute approximate surface area is 169 Å². The van der Waals surface area contributed by atoms with Gasteiger partial charge in [0.25, 0.3) is 0 Å². The fourth-order valence-electron chi connectivity index (χ4n) is 4.47. The fourth-order valence-corrected chi connectivity index (χ4v) is 4.47. The third-order valence-corrected chi connectivity index (χ3v) is 5.83. The lowest BCUT2D eigenvalue weighted by Gasteiger charge is -2.26. The summed E-state index contributed by atoms with van der Waals surface area (Å²) >= 11 is 0. The first-order chi connectivity index (χ1) is 14.4. The second kappa shape index (κ2) is 6.57. The summed E-state index contributed by atoms with van der Waals surface area (Å²) in [4.78, 5) is 7.46. The van der Waals surface area contributed by atoms with E-state index in [0.717, 1.165) is 27.9 Å². The standard InChI is InChI=1S/C26H20N2O/c1-3-9-18(10-4-1)15-23-25-21(16-20-13-7-8-14-22(20)27-25)26-28(23)24(17-29-26)19-11-5-2-6-12-19/h1-16,24,26H,17H2/b23-15-/t24-,26-/m1/s1. The van der Waals surface area contributed by atoms with Crippen LogP contribution in [0, 0.1) is 0 Å². The topological polar surface area (TPSA) is 25.4 Å². The summed E-state index contributed by atoms with van der Waals surface area (Å²) in [7, 11) is 0. The van der Waals surface area contributed by atoms with Crippen LogP contribution < -0.4 is 0 Å². The average molecular weight is 376 g/mol. The second-order valence-electron chi connectivity index (χ2n) is 7.58. The van der Waals surface area contributed by atoms with Gasteiger partial charge in [-0.2, -0.15) is 0 Å². The minimum absolute atomic E-state index is 0.0951. The van der Waals surface area contributed by atoms with Crippen LogP contribution in [0.15, 0.2) is 91.0 Å². The second-order valence-corrected chi connectivity index (χ2v) is 7.58. The van der Waals surface area contributed by atoms with Gasteiger partial charge in [0, 0.05) is 10.9 Å². The zero-order valence-corrected chi connectivity index (χ0v) is 15.9. The van der Waals surface area contributed by atoms with Crippen LogP contribution >= 0.6 is 0 Å². The summed E-state index contributed by atoms with van der Waals surface area (Å²) in [5, 5.41) is 1.15. The molecule has 3 nitrogen and oxygen atoms in total. The first-order valence-corrected chi connectivity index (χ1v) is 10.0. The van der Waals surface area contributed by atoms with E-state index in [2.05, 4.69) is 89.8 Å². The molecular weight excluding hydrogens is 356 g/mol. The highest BCUT2D eigenvalue weighted by atomic mass is 16.5. The van der Waals surface area contributed by atoms with Crippen LogP contribution in [0.5, 0.6) is 0 Å². The summed E-state index contributed by atoms with van der Waals surface area (Å²) in [6, 6.07) is 31.8. The Hall–Kier alpha value is -3.43. The Bertz CT molecular complexity index is 1220. The van der Waals surface area contributed by atoms with E-state index in [-0.39, 0.29) is 12.3 Å². The van der Waals surface area contributed by atoms with Gasteiger partial charge < -0.3 is 9.64 Å². The van der Waals surface area contributed by atoms with Gasteiger partial charge in [0.1, 0.15) is 0 Å². The van der Waals surface area contributed by atoms with E-state index >= 15 is 0 Å². The number of fused-ring (bicyclic) bond motifs is 4. The summed E-state index contributed by atoms with van der Waals surface area (Å²) < 4.78 is 6.33. The smallest absolute Gasteiger partial charge is 0.159 e. The number of benzene rings is 3. The summed E-state index contributed by atoms with van der Waals surface area (Å²) in [5.74, 6) is 0. The van der Waals surface area contributed by atoms with Crippen LogP contribution in [0.25, 0.3) is 22.7 Å². The quantitative estimate of drug-likeness (QED) is 0.441. The number of rotatable bonds is 2. The molecule has 3 aromatic carbocycles. The molecule has 0 N–H and O–H groups in total. The van der Waals surface area contributed by atoms with Crippen LogP contribution in [-0.2, 0) is 4.74 Å². The summed E-state index contributed by atoms with van der Waals surface area (Å²) in [6.07, 6.45) is 2.15. The van der Waals surface area contributed by atoms with Crippen LogP contribution in [0.2, 0.25) is 0 Å². The number of ether oxygens (including phenoxy) is 1. The van der Waals surface area contributed by atoms with E-state index in [4.69, 9.17) is 9.72 Å². The molecule has 0 spiro atoms. The van der Waals surface area contributed by atoms with Crippen LogP contribution in [0.1, 0.15) is 34.7 Å². The highest BCUT2D eigenvalue weighted by Gasteiger charge is 2.45. The van der Waals surface area contributed by atoms with E-state index in [9.17, 15) is 0 Å². The molecule has 4 aromatic rings. The van der Waals surface area contributed by atoms with E-state index in [1.165, 1.54) is 11.1 Å². The number of pyridine rings is 1. The van der Waals surface area contributed by atoms with Gasteiger partial charge in [0.15, 0.2) is 6.23 Å². The predicted octanol–water partition coefficient (Wildman–Crippen LogP) is 5.82. The monoisotopic (exact) mass is 376 g/mol. The molecule has 1 fully saturated rings. The maximum Gasteiger partial charge on any atom is 0.159 e. The third-order valence-electron chi connectivity index (χ3n) is 5.83. The normalized spacial score (nSPS) is 21.5. The number of hydrogen-bond donors (Lipinski definition) is 0. The van der Waals surface area contributed by atoms with Crippen molar-refractivity contribution in [3.05, 3.63) is 113 Å². The molecule has 3 heterocycles. The summed E-state index contributed by atoms with van der Waals surface area (Å²) in [5.41, 5.74) is 6.77. The first kappa shape index (κ1) is 16.5. The number of nitrogens with zero attached hydrogens (tertiary/aromatic N) is 2. The van der Waals surface area contributed by atoms with Crippen LogP contribution in [-0.4, -0.2) is 16.5 Å². The molecule has 0 amide bonds. The number of para-hydroxylation sites is 1. The molecule has 0 bridgehead atoms. The molecule has 2 aliphatic heterocycles. The van der Waals surface area contributed by atoms with Gasteiger partial charge in [-0.15, -0.1) is 0 Å². The first-order valence-electron chi connectivity index (χ1n) is 10.0. The van der Waals surface area contributed by atoms with Gasteiger partial charge >= 0.3 is 0 Å². The molecule has 1 saturated heterocycles. The zero-order chi connectivity index (χ0) is 19.2. The molecule has 1 aromatic heterocycles. The lowest BCUT2D eigenvalue weighted by atomic mass is 10.1. The maximum atomic E-state index is 6.33. The van der Waals surface area contributed by atoms with Gasteiger partial charge in [-0.3, -0.25) is 0 Å². The van der Waals surface area contributed by atoms with Crippen molar-refractivity contribution >= 4 is 22.7 Å². The van der Waals surface area contributed by atoms with Crippen molar-refractivity contribution in [2.45, 2.75) is 12.3 Å². The minimum atomic E-state index is -0.0951. The molecule has 2 aliphatic rings. The van der Waals surface area contributed by atoms with E-state index in [0.29, 0.717) is 6.61 Å². The average Bonchev–Trinajstić information content (AvgIpc) is 3.33. The van der Waals surface area contributed by atoms with E-state index < -0.39 is 0 Å². The van der Waals surface area contributed by atoms with Crippen molar-refractivity contribution in [1.82, 2.24) is 9.88 Å². The lowest BCUT2D eigenvalue weighted by Crippen LogP contribution is -2.20. The molecule has 0 radical (unpaired) electrons. The highest BCUT2D eigenvalue weighted by molar-refractivity contribution is 5.89. The van der Waals surface area contributed by atoms with Crippen molar-refractivity contribution in [2.24, 2.45) is 0 Å². The van der Waals surface area contributed by atoms with Crippen molar-refractivity contribution in [2.75, 3.05) is 6.61 Å². The number of hydrogen-bond acceptors (Lipinski definition) is 3. The Balaban J connectivity index is 1.56. The number of aromatic nitrogens is 1. The van der Waals surface area contributed by atoms with E-state index in [1.807, 2.05) is 12.1 Å². The molecule has 29 heavy (non-hydrogen) atoms. The Kier molecular flexibility index (Phi) is 3.74. The van der Waals surface area contributed by atoms with Crippen LogP contribution in [0.4, 0.5) is 0 Å². The lowest BCUT2D eigenvalue weighted by molar-refractivity contribution is 0.0662. The zero-order valence-electron chi connectivity index (χ0n) is 15.9. The highest BCUT2D eigenvalue weighted by Crippen LogP contribution is 2.51. The van der Waals surface area contributed by atoms with Gasteiger partial charge in [0.2, 0.25) is 0 Å².